The topological polar surface area (TPSA) is 84.5 Å². The number of ether oxygens (including phenoxy) is 1. The summed E-state index contributed by atoms with van der Waals surface area (Å²) in [6, 6.07) is -0.453. The Bertz CT molecular complexity index is 406. The quantitative estimate of drug-likeness (QED) is 0.745. The second kappa shape index (κ2) is 7.43. The minimum Gasteiger partial charge on any atom is -0.453 e. The number of amides is 2. The highest BCUT2D eigenvalue weighted by Crippen LogP contribution is 2.42. The Morgan fingerprint density at radius 3 is 2.24 bits per heavy atom. The third kappa shape index (κ3) is 5.36. The van der Waals surface area contributed by atoms with E-state index >= 15 is 0 Å². The first-order valence-corrected chi connectivity index (χ1v) is 7.43. The van der Waals surface area contributed by atoms with Gasteiger partial charge in [-0.1, -0.05) is 13.8 Å². The molecular formula is C15H26N2O4. The van der Waals surface area contributed by atoms with Crippen LogP contribution < -0.4 is 10.6 Å². The van der Waals surface area contributed by atoms with Crippen LogP contribution in [0.2, 0.25) is 0 Å². The van der Waals surface area contributed by atoms with Crippen molar-refractivity contribution >= 4 is 17.8 Å². The largest absolute Gasteiger partial charge is 0.453 e. The highest BCUT2D eigenvalue weighted by molar-refractivity contribution is 5.89. The highest BCUT2D eigenvalue weighted by Gasteiger charge is 2.45. The van der Waals surface area contributed by atoms with Gasteiger partial charge in [0.25, 0.3) is 0 Å². The molecule has 1 unspecified atom stereocenters. The predicted molar refractivity (Wildman–Crippen MR) is 78.7 cm³/mol. The van der Waals surface area contributed by atoms with E-state index in [1.54, 1.807) is 0 Å². The van der Waals surface area contributed by atoms with Crippen LogP contribution in [0.4, 0.5) is 4.79 Å². The van der Waals surface area contributed by atoms with E-state index < -0.39 is 12.1 Å². The first kappa shape index (κ1) is 17.5. The SMILES string of the molecule is COC(=O)N[C@H](C(=O)C[C@H]1CC1C(=O)NC(C)C)C(C)C. The van der Waals surface area contributed by atoms with Gasteiger partial charge >= 0.3 is 6.09 Å². The average Bonchev–Trinajstić information content (AvgIpc) is 3.13. The predicted octanol–water partition coefficient (Wildman–Crippen LogP) is 1.49. The van der Waals surface area contributed by atoms with Crippen LogP contribution in [0, 0.1) is 17.8 Å². The van der Waals surface area contributed by atoms with Gasteiger partial charge < -0.3 is 15.4 Å². The van der Waals surface area contributed by atoms with Gasteiger partial charge in [0.2, 0.25) is 5.91 Å². The lowest BCUT2D eigenvalue weighted by molar-refractivity contribution is -0.123. The summed E-state index contributed by atoms with van der Waals surface area (Å²) in [5.74, 6) is -0.0115. The summed E-state index contributed by atoms with van der Waals surface area (Å²) in [7, 11) is 1.27. The molecule has 0 aromatic heterocycles. The molecule has 0 saturated heterocycles. The van der Waals surface area contributed by atoms with Gasteiger partial charge in [-0.3, -0.25) is 9.59 Å². The first-order chi connectivity index (χ1) is 9.76. The third-order valence-corrected chi connectivity index (χ3v) is 3.63. The van der Waals surface area contributed by atoms with E-state index in [0.717, 1.165) is 6.42 Å². The molecule has 0 aromatic carbocycles. The Hall–Kier alpha value is -1.59. The fourth-order valence-corrected chi connectivity index (χ4v) is 2.38. The maximum atomic E-state index is 12.3. The normalized spacial score (nSPS) is 21.9. The molecule has 1 aliphatic rings. The number of ketones is 1. The lowest BCUT2D eigenvalue weighted by atomic mass is 9.96. The van der Waals surface area contributed by atoms with Crippen molar-refractivity contribution in [1.82, 2.24) is 10.6 Å². The molecule has 0 aromatic rings. The second-order valence-electron chi connectivity index (χ2n) is 6.29. The van der Waals surface area contributed by atoms with Gasteiger partial charge in [0.1, 0.15) is 0 Å². The molecule has 1 rings (SSSR count). The molecule has 21 heavy (non-hydrogen) atoms. The number of nitrogens with one attached hydrogen (secondary N) is 2. The molecule has 1 saturated carbocycles. The molecule has 6 heteroatoms. The van der Waals surface area contributed by atoms with Crippen molar-refractivity contribution in [1.29, 1.82) is 0 Å². The lowest BCUT2D eigenvalue weighted by Crippen LogP contribution is -2.44. The van der Waals surface area contributed by atoms with Gasteiger partial charge in [-0.15, -0.1) is 0 Å². The zero-order valence-electron chi connectivity index (χ0n) is 13.4. The molecule has 0 aliphatic heterocycles. The fourth-order valence-electron chi connectivity index (χ4n) is 2.38. The van der Waals surface area contributed by atoms with Crippen molar-refractivity contribution in [3.63, 3.8) is 0 Å². The molecule has 6 nitrogen and oxygen atoms in total. The van der Waals surface area contributed by atoms with Gasteiger partial charge in [-0.2, -0.15) is 0 Å². The Morgan fingerprint density at radius 1 is 1.14 bits per heavy atom. The van der Waals surface area contributed by atoms with Crippen LogP contribution in [-0.2, 0) is 14.3 Å². The zero-order valence-corrected chi connectivity index (χ0v) is 13.4. The van der Waals surface area contributed by atoms with Gasteiger partial charge in [0.05, 0.1) is 13.2 Å². The van der Waals surface area contributed by atoms with E-state index in [0.29, 0.717) is 6.42 Å². The molecule has 0 heterocycles. The van der Waals surface area contributed by atoms with Gasteiger partial charge in [-0.05, 0) is 32.1 Å². The van der Waals surface area contributed by atoms with Crippen molar-refractivity contribution in [3.05, 3.63) is 0 Å². The molecule has 2 amide bonds. The van der Waals surface area contributed by atoms with Crippen molar-refractivity contribution < 1.29 is 19.1 Å². The summed E-state index contributed by atoms with van der Waals surface area (Å²) >= 11 is 0. The van der Waals surface area contributed by atoms with Crippen LogP contribution in [0.5, 0.6) is 0 Å². The van der Waals surface area contributed by atoms with E-state index in [9.17, 15) is 14.4 Å². The third-order valence-electron chi connectivity index (χ3n) is 3.63. The molecule has 120 valence electrons. The molecule has 0 radical (unpaired) electrons. The maximum absolute atomic E-state index is 12.3. The summed E-state index contributed by atoms with van der Waals surface area (Å²) in [6.45, 7) is 7.56. The number of hydrogen-bond donors (Lipinski definition) is 2. The van der Waals surface area contributed by atoms with Crippen LogP contribution in [0.3, 0.4) is 0 Å². The standard InChI is InChI=1S/C15H26N2O4/c1-8(2)13(17-15(20)21-5)12(18)7-10-6-11(10)14(19)16-9(3)4/h8-11,13H,6-7H2,1-5H3,(H,16,19)(H,17,20)/t10-,11?,13+/m1/s1. The van der Waals surface area contributed by atoms with E-state index in [-0.39, 0.29) is 35.5 Å². The smallest absolute Gasteiger partial charge is 0.407 e. The molecule has 1 fully saturated rings. The first-order valence-electron chi connectivity index (χ1n) is 7.43. The summed E-state index contributed by atoms with van der Waals surface area (Å²) < 4.78 is 4.54. The van der Waals surface area contributed by atoms with Crippen molar-refractivity contribution in [2.24, 2.45) is 17.8 Å². The number of carbonyl (C=O) groups excluding carboxylic acids is 3. The lowest BCUT2D eigenvalue weighted by Gasteiger charge is -2.20. The van der Waals surface area contributed by atoms with Crippen LogP contribution in [-0.4, -0.2) is 37.0 Å². The Kier molecular flexibility index (Phi) is 6.18. The van der Waals surface area contributed by atoms with Crippen molar-refractivity contribution in [3.8, 4) is 0 Å². The van der Waals surface area contributed by atoms with Crippen molar-refractivity contribution in [2.45, 2.75) is 52.6 Å². The van der Waals surface area contributed by atoms with E-state index in [1.165, 1.54) is 7.11 Å². The Morgan fingerprint density at radius 2 is 1.76 bits per heavy atom. The number of hydrogen-bond acceptors (Lipinski definition) is 4. The highest BCUT2D eigenvalue weighted by atomic mass is 16.5. The Balaban J connectivity index is 2.49. The van der Waals surface area contributed by atoms with Crippen LogP contribution >= 0.6 is 0 Å². The van der Waals surface area contributed by atoms with E-state index in [4.69, 9.17) is 0 Å². The van der Waals surface area contributed by atoms with Gasteiger partial charge in [-0.25, -0.2) is 4.79 Å². The van der Waals surface area contributed by atoms with Crippen LogP contribution in [0.1, 0.15) is 40.5 Å². The van der Waals surface area contributed by atoms with Crippen LogP contribution in [0.15, 0.2) is 0 Å². The summed E-state index contributed by atoms with van der Waals surface area (Å²) in [4.78, 5) is 35.4. The number of methoxy groups -OCH3 is 1. The van der Waals surface area contributed by atoms with E-state index in [1.807, 2.05) is 27.7 Å². The van der Waals surface area contributed by atoms with Crippen molar-refractivity contribution in [2.75, 3.05) is 7.11 Å². The minimum absolute atomic E-state index is 0.0155. The summed E-state index contributed by atoms with van der Waals surface area (Å²) in [5.41, 5.74) is 0. The summed E-state index contributed by atoms with van der Waals surface area (Å²) in [6.07, 6.45) is 0.461. The second-order valence-corrected chi connectivity index (χ2v) is 6.29. The number of rotatable bonds is 7. The number of alkyl carbamates (subject to hydrolysis) is 1. The minimum atomic E-state index is -0.605. The zero-order chi connectivity index (χ0) is 16.2. The van der Waals surface area contributed by atoms with Gasteiger partial charge in [0.15, 0.2) is 5.78 Å². The van der Waals surface area contributed by atoms with Crippen LogP contribution in [0.25, 0.3) is 0 Å². The molecule has 3 atom stereocenters. The average molecular weight is 298 g/mol. The molecule has 0 bridgehead atoms. The molecular weight excluding hydrogens is 272 g/mol. The fraction of sp³-hybridized carbons (Fsp3) is 0.800. The Labute approximate surface area is 126 Å². The number of Topliss-reactive ketones (excluding diaryl/α,β-unsaturated/α-hetero) is 1. The van der Waals surface area contributed by atoms with E-state index in [2.05, 4.69) is 15.4 Å². The molecule has 2 N–H and O–H groups in total. The van der Waals surface area contributed by atoms with Gasteiger partial charge in [0, 0.05) is 18.4 Å². The maximum Gasteiger partial charge on any atom is 0.407 e. The number of carbonyl (C=O) groups is 3. The monoisotopic (exact) mass is 298 g/mol. The molecule has 1 aliphatic carbocycles. The molecule has 0 spiro atoms. The summed E-state index contributed by atoms with van der Waals surface area (Å²) in [5, 5.41) is 5.43.